The van der Waals surface area contributed by atoms with Crippen LogP contribution in [-0.4, -0.2) is 87.1 Å². The van der Waals surface area contributed by atoms with Crippen LogP contribution >= 0.6 is 0 Å². The van der Waals surface area contributed by atoms with E-state index in [1.165, 1.54) is 0 Å². The van der Waals surface area contributed by atoms with Crippen LogP contribution in [0.25, 0.3) is 0 Å². The predicted molar refractivity (Wildman–Crippen MR) is 99.4 cm³/mol. The van der Waals surface area contributed by atoms with Crippen molar-refractivity contribution in [1.29, 1.82) is 0 Å². The first kappa shape index (κ1) is 18.4. The van der Waals surface area contributed by atoms with Gasteiger partial charge in [-0.15, -0.1) is 0 Å². The van der Waals surface area contributed by atoms with Gasteiger partial charge in [0.2, 0.25) is 0 Å². The van der Waals surface area contributed by atoms with Crippen LogP contribution in [0.15, 0.2) is 12.4 Å². The summed E-state index contributed by atoms with van der Waals surface area (Å²) < 4.78 is 11.1. The van der Waals surface area contributed by atoms with Gasteiger partial charge in [0.05, 0.1) is 19.8 Å². The minimum Gasteiger partial charge on any atom is -0.380 e. The normalized spacial score (nSPS) is 19.6. The second kappa shape index (κ2) is 9.31. The van der Waals surface area contributed by atoms with Crippen LogP contribution in [-0.2, 0) is 9.47 Å². The number of morpholine rings is 1. The van der Waals surface area contributed by atoms with E-state index in [-0.39, 0.29) is 0 Å². The molecule has 0 aliphatic carbocycles. The van der Waals surface area contributed by atoms with E-state index in [1.54, 1.807) is 6.33 Å². The Bertz CT molecular complexity index is 514. The second-order valence-corrected chi connectivity index (χ2v) is 7.13. The minimum absolute atomic E-state index is 0.607. The first-order valence-electron chi connectivity index (χ1n) is 9.42. The van der Waals surface area contributed by atoms with Crippen LogP contribution in [0.4, 0.5) is 11.6 Å². The molecule has 0 bridgehead atoms. The molecule has 3 rings (SSSR count). The van der Waals surface area contributed by atoms with Crippen molar-refractivity contribution in [1.82, 2.24) is 14.9 Å². The first-order valence-corrected chi connectivity index (χ1v) is 9.42. The molecule has 0 aromatic carbocycles. The van der Waals surface area contributed by atoms with Gasteiger partial charge in [-0.3, -0.25) is 4.90 Å². The average molecular weight is 349 g/mol. The van der Waals surface area contributed by atoms with E-state index < -0.39 is 0 Å². The molecule has 1 aromatic rings. The molecule has 0 atom stereocenters. The molecule has 2 saturated heterocycles. The van der Waals surface area contributed by atoms with Crippen LogP contribution in [0, 0.1) is 5.92 Å². The minimum atomic E-state index is 0.607. The van der Waals surface area contributed by atoms with Crippen molar-refractivity contribution >= 4 is 11.6 Å². The van der Waals surface area contributed by atoms with Crippen LogP contribution in [0.1, 0.15) is 13.8 Å². The topological polar surface area (TPSA) is 54.0 Å². The van der Waals surface area contributed by atoms with Crippen molar-refractivity contribution in [3.63, 3.8) is 0 Å². The van der Waals surface area contributed by atoms with E-state index in [9.17, 15) is 0 Å². The third-order valence-corrected chi connectivity index (χ3v) is 4.67. The predicted octanol–water partition coefficient (Wildman–Crippen LogP) is 1.11. The maximum Gasteiger partial charge on any atom is 0.134 e. The smallest absolute Gasteiger partial charge is 0.134 e. The third-order valence-electron chi connectivity index (χ3n) is 4.67. The van der Waals surface area contributed by atoms with Crippen molar-refractivity contribution in [2.45, 2.75) is 13.8 Å². The zero-order chi connectivity index (χ0) is 17.5. The summed E-state index contributed by atoms with van der Waals surface area (Å²) in [5.74, 6) is 2.65. The fourth-order valence-electron chi connectivity index (χ4n) is 3.19. The molecule has 0 amide bonds. The maximum absolute atomic E-state index is 5.70. The van der Waals surface area contributed by atoms with E-state index in [4.69, 9.17) is 9.47 Å². The molecule has 0 unspecified atom stereocenters. The Morgan fingerprint density at radius 3 is 2.28 bits per heavy atom. The average Bonchev–Trinajstić information content (AvgIpc) is 2.66. The molecule has 1 aromatic heterocycles. The van der Waals surface area contributed by atoms with Gasteiger partial charge in [-0.1, -0.05) is 13.8 Å². The fraction of sp³-hybridized carbons (Fsp3) is 0.778. The molecule has 25 heavy (non-hydrogen) atoms. The molecule has 7 heteroatoms. The molecule has 0 spiro atoms. The molecular formula is C18H31N5O2. The zero-order valence-electron chi connectivity index (χ0n) is 15.6. The summed E-state index contributed by atoms with van der Waals surface area (Å²) in [5.41, 5.74) is 0. The molecule has 2 aliphatic rings. The lowest BCUT2D eigenvalue weighted by Gasteiger charge is -2.35. The third kappa shape index (κ3) is 5.52. The van der Waals surface area contributed by atoms with Gasteiger partial charge >= 0.3 is 0 Å². The molecule has 140 valence electrons. The van der Waals surface area contributed by atoms with Crippen molar-refractivity contribution in [3.05, 3.63) is 12.4 Å². The van der Waals surface area contributed by atoms with E-state index in [0.29, 0.717) is 5.92 Å². The summed E-state index contributed by atoms with van der Waals surface area (Å²) in [7, 11) is 0. The van der Waals surface area contributed by atoms with Crippen LogP contribution in [0.3, 0.4) is 0 Å². The quantitative estimate of drug-likeness (QED) is 0.684. The molecule has 7 nitrogen and oxygen atoms in total. The highest BCUT2D eigenvalue weighted by atomic mass is 16.5. The van der Waals surface area contributed by atoms with Gasteiger partial charge in [0.15, 0.2) is 0 Å². The number of ether oxygens (including phenoxy) is 2. The van der Waals surface area contributed by atoms with Gasteiger partial charge in [-0.05, 0) is 5.92 Å². The standard InChI is InChI=1S/C18H31N5O2/c1-16(2)14-25-10-7-21-3-5-22(6-4-21)17-13-18(20-15-19-17)23-8-11-24-12-9-23/h13,15-16H,3-12,14H2,1-2H3. The largest absolute Gasteiger partial charge is 0.380 e. The van der Waals surface area contributed by atoms with E-state index in [1.807, 2.05) is 0 Å². The van der Waals surface area contributed by atoms with Gasteiger partial charge in [0, 0.05) is 58.5 Å². The Morgan fingerprint density at radius 1 is 1.00 bits per heavy atom. The fourth-order valence-corrected chi connectivity index (χ4v) is 3.19. The van der Waals surface area contributed by atoms with Crippen molar-refractivity contribution in [2.75, 3.05) is 82.0 Å². The number of hydrogen-bond acceptors (Lipinski definition) is 7. The Morgan fingerprint density at radius 2 is 1.64 bits per heavy atom. The summed E-state index contributed by atoms with van der Waals surface area (Å²) in [6.07, 6.45) is 1.69. The maximum atomic E-state index is 5.70. The van der Waals surface area contributed by atoms with Gasteiger partial charge < -0.3 is 19.3 Å². The molecular weight excluding hydrogens is 318 g/mol. The molecule has 0 radical (unpaired) electrons. The lowest BCUT2D eigenvalue weighted by atomic mass is 10.2. The first-order chi connectivity index (χ1) is 12.2. The summed E-state index contributed by atoms with van der Waals surface area (Å²) in [5, 5.41) is 0. The van der Waals surface area contributed by atoms with E-state index in [2.05, 4.69) is 44.6 Å². The molecule has 2 aliphatic heterocycles. The number of aromatic nitrogens is 2. The Labute approximate surface area is 150 Å². The van der Waals surface area contributed by atoms with E-state index in [0.717, 1.165) is 83.9 Å². The number of nitrogens with zero attached hydrogens (tertiary/aromatic N) is 5. The lowest BCUT2D eigenvalue weighted by molar-refractivity contribution is 0.0838. The van der Waals surface area contributed by atoms with Crippen molar-refractivity contribution in [3.8, 4) is 0 Å². The summed E-state index contributed by atoms with van der Waals surface area (Å²) >= 11 is 0. The van der Waals surface area contributed by atoms with Gasteiger partial charge in [0.1, 0.15) is 18.0 Å². The number of rotatable bonds is 7. The highest BCUT2D eigenvalue weighted by Crippen LogP contribution is 2.19. The van der Waals surface area contributed by atoms with Gasteiger partial charge in [-0.25, -0.2) is 9.97 Å². The summed E-state index contributed by atoms with van der Waals surface area (Å²) in [4.78, 5) is 16.0. The monoisotopic (exact) mass is 349 g/mol. The Kier molecular flexibility index (Phi) is 6.84. The summed E-state index contributed by atoms with van der Waals surface area (Å²) in [6.45, 7) is 14.5. The molecule has 0 N–H and O–H groups in total. The molecule has 0 saturated carbocycles. The zero-order valence-corrected chi connectivity index (χ0v) is 15.6. The van der Waals surface area contributed by atoms with Crippen molar-refractivity contribution < 1.29 is 9.47 Å². The Hall–Kier alpha value is -1.44. The highest BCUT2D eigenvalue weighted by molar-refractivity contribution is 5.50. The van der Waals surface area contributed by atoms with Gasteiger partial charge in [0.25, 0.3) is 0 Å². The lowest BCUT2D eigenvalue weighted by Crippen LogP contribution is -2.47. The highest BCUT2D eigenvalue weighted by Gasteiger charge is 2.19. The number of anilines is 2. The number of hydrogen-bond donors (Lipinski definition) is 0. The van der Waals surface area contributed by atoms with Gasteiger partial charge in [-0.2, -0.15) is 0 Å². The molecule has 2 fully saturated rings. The molecule has 3 heterocycles. The van der Waals surface area contributed by atoms with Crippen molar-refractivity contribution in [2.24, 2.45) is 5.92 Å². The second-order valence-electron chi connectivity index (χ2n) is 7.13. The van der Waals surface area contributed by atoms with Crippen LogP contribution < -0.4 is 9.80 Å². The summed E-state index contributed by atoms with van der Waals surface area (Å²) in [6, 6.07) is 2.12. The SMILES string of the molecule is CC(C)COCCN1CCN(c2cc(N3CCOCC3)ncn2)CC1. The van der Waals surface area contributed by atoms with Crippen LogP contribution in [0.5, 0.6) is 0 Å². The number of piperazine rings is 1. The van der Waals surface area contributed by atoms with Crippen LogP contribution in [0.2, 0.25) is 0 Å². The van der Waals surface area contributed by atoms with E-state index >= 15 is 0 Å². The Balaban J connectivity index is 1.46.